The zero-order valence-corrected chi connectivity index (χ0v) is 12.2. The number of benzene rings is 1. The van der Waals surface area contributed by atoms with Crippen LogP contribution in [-0.2, 0) is 9.59 Å². The van der Waals surface area contributed by atoms with Crippen LogP contribution in [0.4, 0.5) is 5.69 Å². The molecule has 4 nitrogen and oxygen atoms in total. The maximum absolute atomic E-state index is 12.5. The second kappa shape index (κ2) is 4.53. The molecule has 1 fully saturated rings. The predicted octanol–water partition coefficient (Wildman–Crippen LogP) is 2.28. The van der Waals surface area contributed by atoms with Crippen LogP contribution in [0.1, 0.15) is 26.3 Å². The lowest BCUT2D eigenvalue weighted by molar-refractivity contribution is -0.136. The highest BCUT2D eigenvalue weighted by Crippen LogP contribution is 2.28. The van der Waals surface area contributed by atoms with Crippen LogP contribution in [0.15, 0.2) is 18.2 Å². The molecule has 1 aliphatic heterocycles. The number of aryl methyl sites for hydroxylation is 1. The fraction of sp³-hybridized carbons (Fsp3) is 0.429. The van der Waals surface area contributed by atoms with E-state index in [0.717, 1.165) is 5.56 Å². The Morgan fingerprint density at radius 2 is 1.95 bits per heavy atom. The fourth-order valence-corrected chi connectivity index (χ4v) is 2.31. The van der Waals surface area contributed by atoms with Crippen molar-refractivity contribution in [2.75, 3.05) is 4.90 Å². The van der Waals surface area contributed by atoms with E-state index in [9.17, 15) is 9.59 Å². The summed E-state index contributed by atoms with van der Waals surface area (Å²) in [4.78, 5) is 25.9. The lowest BCUT2D eigenvalue weighted by Crippen LogP contribution is -2.67. The number of nitrogens with zero attached hydrogens (tertiary/aromatic N) is 1. The van der Waals surface area contributed by atoms with Gasteiger partial charge in [0.15, 0.2) is 0 Å². The van der Waals surface area contributed by atoms with Crippen LogP contribution >= 0.6 is 11.6 Å². The van der Waals surface area contributed by atoms with Crippen molar-refractivity contribution in [3.05, 3.63) is 28.8 Å². The summed E-state index contributed by atoms with van der Waals surface area (Å²) in [7, 11) is 0. The molecule has 1 N–H and O–H groups in total. The van der Waals surface area contributed by atoms with Crippen LogP contribution in [0.2, 0.25) is 5.02 Å². The van der Waals surface area contributed by atoms with Crippen molar-refractivity contribution in [2.24, 2.45) is 0 Å². The Morgan fingerprint density at radius 3 is 2.53 bits per heavy atom. The van der Waals surface area contributed by atoms with Gasteiger partial charge in [0.05, 0.1) is 0 Å². The quantitative estimate of drug-likeness (QED) is 0.858. The summed E-state index contributed by atoms with van der Waals surface area (Å²) in [5.41, 5.74) is 0.684. The Labute approximate surface area is 117 Å². The predicted molar refractivity (Wildman–Crippen MR) is 75.4 cm³/mol. The van der Waals surface area contributed by atoms with Gasteiger partial charge in [-0.2, -0.15) is 0 Å². The smallest absolute Gasteiger partial charge is 0.252 e. The highest BCUT2D eigenvalue weighted by atomic mass is 35.5. The zero-order chi connectivity index (χ0) is 14.4. The van der Waals surface area contributed by atoms with Gasteiger partial charge in [0.25, 0.3) is 5.91 Å². The van der Waals surface area contributed by atoms with E-state index in [2.05, 4.69) is 5.32 Å². The van der Waals surface area contributed by atoms with Crippen molar-refractivity contribution < 1.29 is 9.59 Å². The molecular formula is C14H17ClN2O2. The van der Waals surface area contributed by atoms with Gasteiger partial charge in [-0.15, -0.1) is 0 Å². The third-order valence-corrected chi connectivity index (χ3v) is 3.80. The van der Waals surface area contributed by atoms with Crippen molar-refractivity contribution in [3.8, 4) is 0 Å². The minimum atomic E-state index is -0.902. The highest BCUT2D eigenvalue weighted by Gasteiger charge is 2.44. The Balaban J connectivity index is 2.48. The van der Waals surface area contributed by atoms with E-state index in [4.69, 9.17) is 11.6 Å². The van der Waals surface area contributed by atoms with Crippen molar-refractivity contribution in [2.45, 2.75) is 39.3 Å². The first-order chi connectivity index (χ1) is 8.74. The van der Waals surface area contributed by atoms with Crippen LogP contribution in [-0.4, -0.2) is 23.4 Å². The summed E-state index contributed by atoms with van der Waals surface area (Å²) < 4.78 is 0. The molecule has 1 aromatic carbocycles. The van der Waals surface area contributed by atoms with Gasteiger partial charge in [-0.3, -0.25) is 14.5 Å². The van der Waals surface area contributed by atoms with Crippen molar-refractivity contribution >= 4 is 29.1 Å². The van der Waals surface area contributed by atoms with Gasteiger partial charge in [0, 0.05) is 10.7 Å². The summed E-state index contributed by atoms with van der Waals surface area (Å²) >= 11 is 6.10. The van der Waals surface area contributed by atoms with Gasteiger partial charge in [0.1, 0.15) is 11.6 Å². The van der Waals surface area contributed by atoms with Gasteiger partial charge in [-0.1, -0.05) is 17.7 Å². The molecule has 1 atom stereocenters. The van der Waals surface area contributed by atoms with Crippen LogP contribution in [0.5, 0.6) is 0 Å². The highest BCUT2D eigenvalue weighted by molar-refractivity contribution is 6.31. The van der Waals surface area contributed by atoms with Gasteiger partial charge < -0.3 is 5.32 Å². The van der Waals surface area contributed by atoms with Crippen molar-refractivity contribution in [1.29, 1.82) is 0 Å². The molecule has 1 aromatic rings. The fourth-order valence-electron chi connectivity index (χ4n) is 2.13. The third-order valence-electron chi connectivity index (χ3n) is 3.39. The molecule has 2 amide bonds. The second-order valence-electron chi connectivity index (χ2n) is 5.40. The molecule has 19 heavy (non-hydrogen) atoms. The number of nitrogens with one attached hydrogen (secondary N) is 1. The Hall–Kier alpha value is -1.55. The number of carbonyl (C=O) groups excluding carboxylic acids is 2. The number of hydrogen-bond acceptors (Lipinski definition) is 2. The number of halogens is 1. The molecule has 0 saturated carbocycles. The number of piperazine rings is 1. The maximum Gasteiger partial charge on any atom is 0.252 e. The first-order valence-corrected chi connectivity index (χ1v) is 6.53. The molecule has 5 heteroatoms. The Bertz CT molecular complexity index is 554. The minimum Gasteiger partial charge on any atom is -0.340 e. The number of hydrogen-bond donors (Lipinski definition) is 1. The van der Waals surface area contributed by atoms with E-state index in [1.165, 1.54) is 4.90 Å². The summed E-state index contributed by atoms with van der Waals surface area (Å²) in [6, 6.07) is 4.83. The van der Waals surface area contributed by atoms with E-state index in [0.29, 0.717) is 10.7 Å². The molecule has 1 unspecified atom stereocenters. The van der Waals surface area contributed by atoms with E-state index in [-0.39, 0.29) is 11.8 Å². The van der Waals surface area contributed by atoms with E-state index in [1.807, 2.05) is 19.1 Å². The zero-order valence-electron chi connectivity index (χ0n) is 11.5. The lowest BCUT2D eigenvalue weighted by Gasteiger charge is -2.41. The average Bonchev–Trinajstić information content (AvgIpc) is 2.31. The standard InChI is InChI=1S/C14H17ClN2O2/c1-8-5-6-10(7-11(8)15)17-9(2)12(18)16-14(3,4)13(17)19/h5-7,9H,1-4H3,(H,16,18). The third kappa shape index (κ3) is 2.32. The van der Waals surface area contributed by atoms with Gasteiger partial charge in [-0.25, -0.2) is 0 Å². The normalized spacial score (nSPS) is 22.4. The van der Waals surface area contributed by atoms with Crippen LogP contribution in [0, 0.1) is 6.92 Å². The number of carbonyl (C=O) groups is 2. The first kappa shape index (κ1) is 13.9. The van der Waals surface area contributed by atoms with E-state index >= 15 is 0 Å². The van der Waals surface area contributed by atoms with Crippen molar-refractivity contribution in [1.82, 2.24) is 5.32 Å². The molecule has 1 heterocycles. The topological polar surface area (TPSA) is 49.4 Å². The Morgan fingerprint density at radius 1 is 1.32 bits per heavy atom. The van der Waals surface area contributed by atoms with Gasteiger partial charge >= 0.3 is 0 Å². The summed E-state index contributed by atoms with van der Waals surface area (Å²) in [6.07, 6.45) is 0. The molecule has 0 spiro atoms. The monoisotopic (exact) mass is 280 g/mol. The number of anilines is 1. The van der Waals surface area contributed by atoms with Crippen molar-refractivity contribution in [3.63, 3.8) is 0 Å². The lowest BCUT2D eigenvalue weighted by atomic mass is 9.96. The van der Waals surface area contributed by atoms with Gasteiger partial charge in [0.2, 0.25) is 5.91 Å². The molecule has 0 aromatic heterocycles. The molecule has 0 radical (unpaired) electrons. The summed E-state index contributed by atoms with van der Waals surface area (Å²) in [6.45, 7) is 6.99. The first-order valence-electron chi connectivity index (χ1n) is 6.16. The SMILES string of the molecule is Cc1ccc(N2C(=O)C(C)(C)NC(=O)C2C)cc1Cl. The maximum atomic E-state index is 12.5. The van der Waals surface area contributed by atoms with Gasteiger partial charge in [-0.05, 0) is 45.4 Å². The van der Waals surface area contributed by atoms with Crippen LogP contribution < -0.4 is 10.2 Å². The molecule has 0 bridgehead atoms. The van der Waals surface area contributed by atoms with Crippen LogP contribution in [0.3, 0.4) is 0 Å². The molecule has 0 aliphatic carbocycles. The molecule has 2 rings (SSSR count). The summed E-state index contributed by atoms with van der Waals surface area (Å²) in [5, 5.41) is 3.30. The van der Waals surface area contributed by atoms with E-state index < -0.39 is 11.6 Å². The minimum absolute atomic E-state index is 0.139. The molecule has 102 valence electrons. The van der Waals surface area contributed by atoms with E-state index in [1.54, 1.807) is 26.8 Å². The molecule has 1 aliphatic rings. The molecule has 1 saturated heterocycles. The average molecular weight is 281 g/mol. The molecular weight excluding hydrogens is 264 g/mol. The second-order valence-corrected chi connectivity index (χ2v) is 5.81. The largest absolute Gasteiger partial charge is 0.340 e. The number of rotatable bonds is 1. The number of amides is 2. The summed E-state index contributed by atoms with van der Waals surface area (Å²) in [5.74, 6) is -0.305. The van der Waals surface area contributed by atoms with Crippen LogP contribution in [0.25, 0.3) is 0 Å². The Kier molecular flexibility index (Phi) is 3.31.